The zero-order chi connectivity index (χ0) is 20.1. The number of rotatable bonds is 4. The van der Waals surface area contributed by atoms with Gasteiger partial charge in [0, 0.05) is 31.5 Å². The Morgan fingerprint density at radius 3 is 2.64 bits per heavy atom. The molecule has 1 aliphatic heterocycles. The third-order valence-electron chi connectivity index (χ3n) is 5.32. The molecule has 3 rings (SSSR count). The molecule has 28 heavy (non-hydrogen) atoms. The fraction of sp³-hybridized carbons (Fsp3) is 0.636. The maximum Gasteiger partial charge on any atom is 0.410 e. The third kappa shape index (κ3) is 5.77. The van der Waals surface area contributed by atoms with Crippen LogP contribution in [0, 0.1) is 11.7 Å². The van der Waals surface area contributed by atoms with Gasteiger partial charge in [-0.15, -0.1) is 0 Å². The van der Waals surface area contributed by atoms with Gasteiger partial charge >= 0.3 is 6.09 Å². The number of pyridine rings is 1. The Kier molecular flexibility index (Phi) is 6.70. The van der Waals surface area contributed by atoms with Crippen LogP contribution in [-0.2, 0) is 9.47 Å². The zero-order valence-corrected chi connectivity index (χ0v) is 17.1. The lowest BCUT2D eigenvalue weighted by Gasteiger charge is -2.34. The highest BCUT2D eigenvalue weighted by molar-refractivity contribution is 5.68. The molecule has 1 amide bonds. The SMILES string of the molecule is CC(C)(C)OC(=O)N1CCC(COC2CC=C(c3ccncc3F)CC2)CC1. The van der Waals surface area contributed by atoms with Crippen molar-refractivity contribution in [3.63, 3.8) is 0 Å². The molecule has 6 heteroatoms. The fourth-order valence-electron chi connectivity index (χ4n) is 3.72. The van der Waals surface area contributed by atoms with Gasteiger partial charge in [0.15, 0.2) is 0 Å². The van der Waals surface area contributed by atoms with Crippen molar-refractivity contribution in [3.05, 3.63) is 35.9 Å². The van der Waals surface area contributed by atoms with E-state index in [0.717, 1.165) is 57.4 Å². The summed E-state index contributed by atoms with van der Waals surface area (Å²) in [6.07, 6.45) is 9.38. The van der Waals surface area contributed by atoms with Crippen LogP contribution in [0.15, 0.2) is 24.5 Å². The predicted octanol–water partition coefficient (Wildman–Crippen LogP) is 4.82. The van der Waals surface area contributed by atoms with Crippen LogP contribution < -0.4 is 0 Å². The molecule has 1 saturated heterocycles. The van der Waals surface area contributed by atoms with E-state index in [9.17, 15) is 9.18 Å². The molecule has 1 atom stereocenters. The van der Waals surface area contributed by atoms with Gasteiger partial charge in [0.2, 0.25) is 0 Å². The first-order valence-electron chi connectivity index (χ1n) is 10.2. The molecule has 5 nitrogen and oxygen atoms in total. The van der Waals surface area contributed by atoms with Crippen molar-refractivity contribution in [1.82, 2.24) is 9.88 Å². The summed E-state index contributed by atoms with van der Waals surface area (Å²) in [6.45, 7) is 7.83. The molecule has 2 aliphatic rings. The lowest BCUT2D eigenvalue weighted by Crippen LogP contribution is -2.42. The van der Waals surface area contributed by atoms with Crippen molar-refractivity contribution in [1.29, 1.82) is 0 Å². The Hall–Kier alpha value is -1.95. The van der Waals surface area contributed by atoms with Crippen LogP contribution in [0.5, 0.6) is 0 Å². The Morgan fingerprint density at radius 1 is 1.29 bits per heavy atom. The highest BCUT2D eigenvalue weighted by Gasteiger charge is 2.27. The summed E-state index contributed by atoms with van der Waals surface area (Å²) in [7, 11) is 0. The van der Waals surface area contributed by atoms with E-state index < -0.39 is 5.60 Å². The number of carbonyl (C=O) groups is 1. The molecular weight excluding hydrogens is 359 g/mol. The van der Waals surface area contributed by atoms with Crippen LogP contribution in [0.3, 0.4) is 0 Å². The fourth-order valence-corrected chi connectivity index (χ4v) is 3.72. The first-order valence-corrected chi connectivity index (χ1v) is 10.2. The number of hydrogen-bond donors (Lipinski definition) is 0. The van der Waals surface area contributed by atoms with E-state index in [1.54, 1.807) is 17.2 Å². The Morgan fingerprint density at radius 2 is 2.04 bits per heavy atom. The molecule has 154 valence electrons. The Balaban J connectivity index is 1.40. The van der Waals surface area contributed by atoms with Crippen molar-refractivity contribution < 1.29 is 18.7 Å². The average molecular weight is 390 g/mol. The van der Waals surface area contributed by atoms with E-state index in [1.807, 2.05) is 20.8 Å². The van der Waals surface area contributed by atoms with E-state index in [0.29, 0.717) is 11.5 Å². The Bertz CT molecular complexity index is 706. The molecule has 0 radical (unpaired) electrons. The Labute approximate surface area is 166 Å². The summed E-state index contributed by atoms with van der Waals surface area (Å²) >= 11 is 0. The van der Waals surface area contributed by atoms with Gasteiger partial charge in [0.05, 0.1) is 12.3 Å². The maximum atomic E-state index is 13.9. The maximum absolute atomic E-state index is 13.9. The molecule has 0 saturated carbocycles. The van der Waals surface area contributed by atoms with Gasteiger partial charge in [0.1, 0.15) is 11.4 Å². The molecule has 1 unspecified atom stereocenters. The largest absolute Gasteiger partial charge is 0.444 e. The number of amides is 1. The summed E-state index contributed by atoms with van der Waals surface area (Å²) in [6, 6.07) is 1.74. The minimum absolute atomic E-state index is 0.192. The summed E-state index contributed by atoms with van der Waals surface area (Å²) in [5, 5.41) is 0. The number of likely N-dealkylation sites (tertiary alicyclic amines) is 1. The number of nitrogens with zero attached hydrogens (tertiary/aromatic N) is 2. The number of hydrogen-bond acceptors (Lipinski definition) is 4. The van der Waals surface area contributed by atoms with E-state index in [1.165, 1.54) is 6.20 Å². The monoisotopic (exact) mass is 390 g/mol. The van der Waals surface area contributed by atoms with E-state index in [-0.39, 0.29) is 18.0 Å². The number of carbonyl (C=O) groups excluding carboxylic acids is 1. The van der Waals surface area contributed by atoms with Gasteiger partial charge < -0.3 is 14.4 Å². The second-order valence-corrected chi connectivity index (χ2v) is 8.73. The van der Waals surface area contributed by atoms with Crippen LogP contribution in [0.1, 0.15) is 58.4 Å². The molecule has 0 spiro atoms. The summed E-state index contributed by atoms with van der Waals surface area (Å²) in [4.78, 5) is 17.7. The van der Waals surface area contributed by atoms with Crippen molar-refractivity contribution >= 4 is 11.7 Å². The first kappa shape index (κ1) is 20.8. The van der Waals surface area contributed by atoms with Crippen LogP contribution in [0.4, 0.5) is 9.18 Å². The summed E-state index contributed by atoms with van der Waals surface area (Å²) in [5.41, 5.74) is 1.25. The number of aromatic nitrogens is 1. The van der Waals surface area contributed by atoms with Crippen molar-refractivity contribution in [2.45, 2.75) is 64.6 Å². The van der Waals surface area contributed by atoms with Crippen molar-refractivity contribution in [3.8, 4) is 0 Å². The highest BCUT2D eigenvalue weighted by Crippen LogP contribution is 2.30. The standard InChI is InChI=1S/C22H31FN2O3/c1-22(2,3)28-21(26)25-12-9-16(10-13-25)15-27-18-6-4-17(5-7-18)19-8-11-24-14-20(19)23/h4,8,11,14,16,18H,5-7,9-10,12-13,15H2,1-3H3. The van der Waals surface area contributed by atoms with E-state index >= 15 is 0 Å². The van der Waals surface area contributed by atoms with E-state index in [4.69, 9.17) is 9.47 Å². The number of allylic oxidation sites excluding steroid dienone is 1. The number of piperidine rings is 1. The van der Waals surface area contributed by atoms with Crippen molar-refractivity contribution in [2.75, 3.05) is 19.7 Å². The lowest BCUT2D eigenvalue weighted by molar-refractivity contribution is -0.00378. The van der Waals surface area contributed by atoms with E-state index in [2.05, 4.69) is 11.1 Å². The summed E-state index contributed by atoms with van der Waals surface area (Å²) < 4.78 is 25.4. The van der Waals surface area contributed by atoms with Gasteiger partial charge in [-0.25, -0.2) is 9.18 Å². The van der Waals surface area contributed by atoms with Gasteiger partial charge in [-0.2, -0.15) is 0 Å². The quantitative estimate of drug-likeness (QED) is 0.740. The minimum atomic E-state index is -0.455. The predicted molar refractivity (Wildman–Crippen MR) is 106 cm³/mol. The van der Waals surface area contributed by atoms with Crippen LogP contribution in [0.25, 0.3) is 5.57 Å². The molecule has 1 aromatic rings. The molecule has 2 heterocycles. The van der Waals surface area contributed by atoms with Gasteiger partial charge in [0.25, 0.3) is 0 Å². The second kappa shape index (κ2) is 9.03. The van der Waals surface area contributed by atoms with Crippen molar-refractivity contribution in [2.24, 2.45) is 5.92 Å². The molecular formula is C22H31FN2O3. The topological polar surface area (TPSA) is 51.7 Å². The average Bonchev–Trinajstić information content (AvgIpc) is 2.66. The summed E-state index contributed by atoms with van der Waals surface area (Å²) in [5.74, 6) is 0.214. The molecule has 0 aromatic carbocycles. The van der Waals surface area contributed by atoms with Gasteiger partial charge in [-0.3, -0.25) is 4.98 Å². The highest BCUT2D eigenvalue weighted by atomic mass is 19.1. The molecule has 0 bridgehead atoms. The van der Waals surface area contributed by atoms with Crippen LogP contribution in [0.2, 0.25) is 0 Å². The normalized spacial score (nSPS) is 21.4. The number of halogens is 1. The number of ether oxygens (including phenoxy) is 2. The molecule has 0 N–H and O–H groups in total. The van der Waals surface area contributed by atoms with Gasteiger partial charge in [-0.05, 0) is 70.4 Å². The lowest BCUT2D eigenvalue weighted by atomic mass is 9.92. The smallest absolute Gasteiger partial charge is 0.410 e. The molecule has 1 aliphatic carbocycles. The molecule has 1 aromatic heterocycles. The second-order valence-electron chi connectivity index (χ2n) is 8.73. The first-order chi connectivity index (χ1) is 13.3. The van der Waals surface area contributed by atoms with Crippen LogP contribution >= 0.6 is 0 Å². The third-order valence-corrected chi connectivity index (χ3v) is 5.32. The van der Waals surface area contributed by atoms with Crippen LogP contribution in [-0.4, -0.2) is 47.4 Å². The minimum Gasteiger partial charge on any atom is -0.444 e. The zero-order valence-electron chi connectivity index (χ0n) is 17.1. The molecule has 1 fully saturated rings. The van der Waals surface area contributed by atoms with Gasteiger partial charge in [-0.1, -0.05) is 6.08 Å².